The Kier molecular flexibility index (Phi) is 10.8. The third-order valence-corrected chi connectivity index (χ3v) is 18.9. The van der Waals surface area contributed by atoms with E-state index >= 15 is 0 Å². The van der Waals surface area contributed by atoms with Crippen molar-refractivity contribution in [1.82, 2.24) is 4.57 Å². The summed E-state index contributed by atoms with van der Waals surface area (Å²) in [5, 5.41) is 7.29. The molecule has 14 rings (SSSR count). The minimum absolute atomic E-state index is 0.00641. The molecule has 6 heteroatoms. The molecule has 0 fully saturated rings. The Labute approximate surface area is 476 Å². The number of furan rings is 1. The highest BCUT2D eigenvalue weighted by Crippen LogP contribution is 2.54. The van der Waals surface area contributed by atoms with Gasteiger partial charge >= 0.3 is 6.85 Å². The van der Waals surface area contributed by atoms with Gasteiger partial charge in [0.15, 0.2) is 0 Å². The molecule has 0 N–H and O–H groups in total. The van der Waals surface area contributed by atoms with Crippen LogP contribution < -0.4 is 20.6 Å². The Morgan fingerprint density at radius 2 is 0.975 bits per heavy atom. The van der Waals surface area contributed by atoms with Crippen molar-refractivity contribution in [2.24, 2.45) is 0 Å². The minimum Gasteiger partial charge on any atom is -0.455 e. The Balaban J connectivity index is 1.10. The van der Waals surface area contributed by atoms with Gasteiger partial charge in [-0.2, -0.15) is 0 Å². The lowest BCUT2D eigenvalue weighted by molar-refractivity contribution is 0.590. The van der Waals surface area contributed by atoms with Gasteiger partial charge in [-0.15, -0.1) is 11.3 Å². The molecule has 398 valence electrons. The summed E-state index contributed by atoms with van der Waals surface area (Å²) < 4.78 is 12.5. The van der Waals surface area contributed by atoms with Crippen LogP contribution in [0.25, 0.3) is 80.7 Å². The Morgan fingerprint density at radius 1 is 0.438 bits per heavy atom. The highest BCUT2D eigenvalue weighted by Gasteiger charge is 2.47. The fraction of sp³-hybridized carbons (Fsp3) is 0.270. The molecule has 4 nitrogen and oxygen atoms in total. The third-order valence-electron chi connectivity index (χ3n) is 17.7. The van der Waals surface area contributed by atoms with E-state index < -0.39 is 0 Å². The number of aromatic nitrogens is 1. The summed E-state index contributed by atoms with van der Waals surface area (Å²) in [6.45, 7) is 34.5. The number of anilines is 5. The average Bonchev–Trinajstić information content (AvgIpc) is 3.17. The van der Waals surface area contributed by atoms with Crippen LogP contribution >= 0.6 is 11.3 Å². The van der Waals surface area contributed by atoms with E-state index in [2.05, 4.69) is 282 Å². The summed E-state index contributed by atoms with van der Waals surface area (Å²) in [7, 11) is 0. The van der Waals surface area contributed by atoms with Crippen molar-refractivity contribution < 1.29 is 4.42 Å². The fourth-order valence-electron chi connectivity index (χ4n) is 13.2. The van der Waals surface area contributed by atoms with E-state index in [1.165, 1.54) is 114 Å². The molecule has 0 unspecified atom stereocenters. The number of rotatable bonds is 4. The Hall–Kier alpha value is -7.54. The van der Waals surface area contributed by atoms with E-state index in [4.69, 9.17) is 4.42 Å². The lowest BCUT2D eigenvalue weighted by Crippen LogP contribution is -2.60. The van der Waals surface area contributed by atoms with Crippen molar-refractivity contribution >= 4 is 121 Å². The first kappa shape index (κ1) is 50.7. The first-order chi connectivity index (χ1) is 37.8. The second-order valence-electron chi connectivity index (χ2n) is 28.3. The average molecular weight is 1060 g/mol. The molecule has 2 aliphatic heterocycles. The normalized spacial score (nSPS) is 13.9. The maximum absolute atomic E-state index is 7.32. The van der Waals surface area contributed by atoms with Crippen LogP contribution in [0, 0.1) is 0 Å². The second kappa shape index (κ2) is 17.0. The lowest BCUT2D eigenvalue weighted by atomic mass is 9.43. The van der Waals surface area contributed by atoms with Crippen molar-refractivity contribution in [2.75, 3.05) is 9.71 Å². The van der Waals surface area contributed by atoms with E-state index in [9.17, 15) is 0 Å². The summed E-state index contributed by atoms with van der Waals surface area (Å²) >= 11 is 1.90. The molecule has 2 aliphatic rings. The predicted molar refractivity (Wildman–Crippen MR) is 348 cm³/mol. The summed E-state index contributed by atoms with van der Waals surface area (Å²) in [6.07, 6.45) is 0. The SMILES string of the molecule is CC(C)(C)c1ccc(N2B3c4cc(C(C)(C)C)ccc4-n4c5ccc(C(C)(C)C)cc5c5c6oc7ccccc7c6c(c3c54)-c3cc4sc5ccc(N(c6ccc(C(C)(C)C)cc6)c6ccc(C(C)(C)C)cc6)cc5c4cc32)cc1. The van der Waals surface area contributed by atoms with Crippen LogP contribution in [0.3, 0.4) is 0 Å². The van der Waals surface area contributed by atoms with Crippen LogP contribution in [0.15, 0.2) is 168 Å². The van der Waals surface area contributed by atoms with Gasteiger partial charge in [0.2, 0.25) is 0 Å². The summed E-state index contributed by atoms with van der Waals surface area (Å²) in [5.74, 6) is 0. The van der Waals surface area contributed by atoms with Crippen LogP contribution in [0.2, 0.25) is 0 Å². The highest BCUT2D eigenvalue weighted by atomic mass is 32.1. The lowest BCUT2D eigenvalue weighted by Gasteiger charge is -2.42. The Bertz CT molecular complexity index is 4480. The molecule has 0 amide bonds. The predicted octanol–water partition coefficient (Wildman–Crippen LogP) is 20.2. The van der Waals surface area contributed by atoms with E-state index in [0.29, 0.717) is 0 Å². The first-order valence-corrected chi connectivity index (χ1v) is 29.7. The zero-order valence-corrected chi connectivity index (χ0v) is 50.1. The van der Waals surface area contributed by atoms with Gasteiger partial charge in [-0.3, -0.25) is 0 Å². The maximum atomic E-state index is 7.32. The topological polar surface area (TPSA) is 24.6 Å². The first-order valence-electron chi connectivity index (χ1n) is 28.9. The summed E-state index contributed by atoms with van der Waals surface area (Å²) in [6, 6.07) is 63.5. The van der Waals surface area contributed by atoms with Crippen molar-refractivity contribution in [2.45, 2.75) is 131 Å². The van der Waals surface area contributed by atoms with Gasteiger partial charge in [-0.25, -0.2) is 0 Å². The van der Waals surface area contributed by atoms with Gasteiger partial charge in [-0.05, 0) is 162 Å². The fourth-order valence-corrected chi connectivity index (χ4v) is 14.3. The molecule has 80 heavy (non-hydrogen) atoms. The van der Waals surface area contributed by atoms with Crippen molar-refractivity contribution in [3.63, 3.8) is 0 Å². The number of fused-ring (bicyclic) bond motifs is 16. The smallest absolute Gasteiger partial charge is 0.333 e. The van der Waals surface area contributed by atoms with Gasteiger partial charge in [0.25, 0.3) is 0 Å². The van der Waals surface area contributed by atoms with Gasteiger partial charge in [-0.1, -0.05) is 177 Å². The van der Waals surface area contributed by atoms with Crippen LogP contribution in [0.1, 0.15) is 132 Å². The standard InChI is InChI=1S/C74H72BN3OS/c1-70(2,3)43-20-28-48(29-21-43)76(49-30-22-44(23-31-49)71(4,5)6)51-34-37-62-53(40-51)54-41-60-56(42-63(54)80-62)64-65-52-18-16-17-19-61(52)79-69(65)66-55-38-46(73(10,11)12)26-35-58(55)77-59-36-27-47(74(13,14)15)39-57(59)75(67(64)68(66)77)78(60)50-32-24-45(25-33-50)72(7,8)9/h16-42H,1-15H3. The van der Waals surface area contributed by atoms with Crippen molar-refractivity contribution in [1.29, 1.82) is 0 Å². The molecule has 0 aliphatic carbocycles. The maximum Gasteiger partial charge on any atom is 0.333 e. The quantitative estimate of drug-likeness (QED) is 0.164. The number of nitrogens with zero attached hydrogens (tertiary/aromatic N) is 3. The molecule has 0 saturated carbocycles. The molecule has 0 radical (unpaired) electrons. The van der Waals surface area contributed by atoms with Crippen LogP contribution in [0.4, 0.5) is 28.4 Å². The zero-order valence-electron chi connectivity index (χ0n) is 49.3. The molecule has 0 saturated heterocycles. The van der Waals surface area contributed by atoms with E-state index in [-0.39, 0.29) is 33.9 Å². The molecule has 9 aromatic carbocycles. The number of hydrogen-bond donors (Lipinski definition) is 0. The third kappa shape index (κ3) is 7.68. The van der Waals surface area contributed by atoms with Crippen molar-refractivity contribution in [3.05, 3.63) is 192 Å². The Morgan fingerprint density at radius 3 is 1.59 bits per heavy atom. The number of hydrogen-bond acceptors (Lipinski definition) is 4. The van der Waals surface area contributed by atoms with Gasteiger partial charge in [0.05, 0.1) is 16.4 Å². The molecule has 0 bridgehead atoms. The van der Waals surface area contributed by atoms with Crippen LogP contribution in [-0.4, -0.2) is 11.4 Å². The summed E-state index contributed by atoms with van der Waals surface area (Å²) in [4.78, 5) is 5.16. The molecule has 0 atom stereocenters. The number of benzene rings is 9. The van der Waals surface area contributed by atoms with Crippen LogP contribution in [0.5, 0.6) is 0 Å². The molecular formula is C74H72BN3OS. The molecular weight excluding hydrogens is 990 g/mol. The molecule has 0 spiro atoms. The zero-order chi connectivity index (χ0) is 55.9. The van der Waals surface area contributed by atoms with Gasteiger partial charge in [0.1, 0.15) is 11.2 Å². The highest BCUT2D eigenvalue weighted by molar-refractivity contribution is 7.25. The van der Waals surface area contributed by atoms with Crippen molar-refractivity contribution in [3.8, 4) is 16.8 Å². The minimum atomic E-state index is -0.171. The monoisotopic (exact) mass is 1060 g/mol. The number of para-hydroxylation sites is 1. The molecule has 5 heterocycles. The van der Waals surface area contributed by atoms with E-state index in [0.717, 1.165) is 33.6 Å². The largest absolute Gasteiger partial charge is 0.455 e. The molecule has 12 aromatic rings. The number of thiophene rings is 1. The molecule has 3 aromatic heterocycles. The van der Waals surface area contributed by atoms with E-state index in [1.54, 1.807) is 0 Å². The van der Waals surface area contributed by atoms with Gasteiger partial charge < -0.3 is 18.7 Å². The summed E-state index contributed by atoms with van der Waals surface area (Å²) in [5.41, 5.74) is 23.0. The van der Waals surface area contributed by atoms with E-state index in [1.807, 2.05) is 11.3 Å². The van der Waals surface area contributed by atoms with Crippen LogP contribution in [-0.2, 0) is 27.1 Å². The second-order valence-corrected chi connectivity index (χ2v) is 29.4. The van der Waals surface area contributed by atoms with Gasteiger partial charge in [0, 0.05) is 76.0 Å².